The molecule has 0 amide bonds. The Hall–Kier alpha value is -0.620. The van der Waals surface area contributed by atoms with Gasteiger partial charge in [-0.3, -0.25) is 4.40 Å². The molecule has 3 heterocycles. The maximum Gasteiger partial charge on any atom is 0.207 e. The van der Waals surface area contributed by atoms with Crippen LogP contribution in [0.1, 0.15) is 19.8 Å². The van der Waals surface area contributed by atoms with E-state index in [1.165, 1.54) is 30.8 Å². The number of fused-ring (bicyclic) bond motifs is 1. The van der Waals surface area contributed by atoms with Gasteiger partial charge in [0.05, 0.1) is 23.1 Å². The smallest absolute Gasteiger partial charge is 0.207 e. The molecule has 1 aliphatic rings. The molecule has 0 bridgehead atoms. The first-order valence-corrected chi connectivity index (χ1v) is 7.99. The van der Waals surface area contributed by atoms with Crippen LogP contribution in [0.25, 0.3) is 5.65 Å². The van der Waals surface area contributed by atoms with E-state index in [1.807, 2.05) is 4.68 Å². The van der Waals surface area contributed by atoms with E-state index in [0.29, 0.717) is 20.5 Å². The standard InChI is InChI=1S/C13H16Cl2N4S/c1-9-3-2-4-17(6-9)8-19-13(20)18-7-10(14)5-11(15)12(18)16-19/h5,7,9H,2-4,6,8H2,1H3/p+1/t9-/m1/s1. The molecule has 0 aliphatic carbocycles. The Morgan fingerprint density at radius 1 is 1.50 bits per heavy atom. The third-order valence-electron chi connectivity index (χ3n) is 3.84. The molecule has 1 aliphatic heterocycles. The molecule has 2 aromatic rings. The van der Waals surface area contributed by atoms with E-state index in [0.717, 1.165) is 12.6 Å². The van der Waals surface area contributed by atoms with Gasteiger partial charge in [0.15, 0.2) is 12.3 Å². The second-order valence-corrected chi connectivity index (χ2v) is 6.80. The van der Waals surface area contributed by atoms with Gasteiger partial charge < -0.3 is 4.90 Å². The summed E-state index contributed by atoms with van der Waals surface area (Å²) in [5.41, 5.74) is 0.672. The Labute approximate surface area is 132 Å². The Kier molecular flexibility index (Phi) is 4.04. The van der Waals surface area contributed by atoms with Gasteiger partial charge in [0.25, 0.3) is 0 Å². The van der Waals surface area contributed by atoms with Crippen molar-refractivity contribution >= 4 is 41.1 Å². The highest BCUT2D eigenvalue weighted by Gasteiger charge is 2.21. The van der Waals surface area contributed by atoms with Crippen molar-refractivity contribution in [3.05, 3.63) is 27.1 Å². The molecular formula is C13H17Cl2N4S+. The van der Waals surface area contributed by atoms with Crippen LogP contribution in [0.4, 0.5) is 0 Å². The van der Waals surface area contributed by atoms with E-state index in [4.69, 9.17) is 35.4 Å². The van der Waals surface area contributed by atoms with Gasteiger partial charge in [0.1, 0.15) is 0 Å². The second kappa shape index (κ2) is 5.64. The van der Waals surface area contributed by atoms with Crippen LogP contribution in [0, 0.1) is 10.7 Å². The van der Waals surface area contributed by atoms with Crippen LogP contribution in [0.2, 0.25) is 10.0 Å². The Morgan fingerprint density at radius 3 is 3.05 bits per heavy atom. The number of nitrogens with zero attached hydrogens (tertiary/aromatic N) is 3. The SMILES string of the molecule is C[C@@H]1CCC[NH+](Cn2nc3c(Cl)cc(Cl)cn3c2=S)C1. The van der Waals surface area contributed by atoms with Gasteiger partial charge in [-0.05, 0) is 31.1 Å². The third kappa shape index (κ3) is 2.72. The summed E-state index contributed by atoms with van der Waals surface area (Å²) < 4.78 is 4.29. The topological polar surface area (TPSA) is 26.7 Å². The van der Waals surface area contributed by atoms with Crippen molar-refractivity contribution in [1.82, 2.24) is 14.2 Å². The number of quaternary nitrogens is 1. The predicted molar refractivity (Wildman–Crippen MR) is 83.1 cm³/mol. The van der Waals surface area contributed by atoms with Crippen molar-refractivity contribution in [2.24, 2.45) is 5.92 Å². The van der Waals surface area contributed by atoms with Gasteiger partial charge in [0, 0.05) is 12.1 Å². The van der Waals surface area contributed by atoms with Crippen LogP contribution < -0.4 is 4.90 Å². The molecule has 1 N–H and O–H groups in total. The zero-order chi connectivity index (χ0) is 14.3. The molecule has 0 aromatic carbocycles. The summed E-state index contributed by atoms with van der Waals surface area (Å²) in [6.45, 7) is 5.44. The Bertz CT molecular complexity index is 693. The summed E-state index contributed by atoms with van der Waals surface area (Å²) in [7, 11) is 0. The average molecular weight is 332 g/mol. The van der Waals surface area contributed by atoms with Crippen molar-refractivity contribution in [2.75, 3.05) is 13.1 Å². The minimum absolute atomic E-state index is 0.532. The maximum absolute atomic E-state index is 6.18. The molecule has 7 heteroatoms. The molecule has 0 saturated carbocycles. The van der Waals surface area contributed by atoms with Gasteiger partial charge in [-0.15, -0.1) is 5.10 Å². The predicted octanol–water partition coefficient (Wildman–Crippen LogP) is 2.44. The maximum atomic E-state index is 6.18. The Morgan fingerprint density at radius 2 is 2.30 bits per heavy atom. The summed E-state index contributed by atoms with van der Waals surface area (Å²) >= 11 is 17.7. The van der Waals surface area contributed by atoms with Gasteiger partial charge in [-0.1, -0.05) is 30.1 Å². The molecule has 1 fully saturated rings. The molecule has 2 atom stereocenters. The monoisotopic (exact) mass is 331 g/mol. The number of pyridine rings is 1. The number of piperidine rings is 1. The number of halogens is 2. The fourth-order valence-corrected chi connectivity index (χ4v) is 3.65. The summed E-state index contributed by atoms with van der Waals surface area (Å²) in [6, 6.07) is 1.69. The lowest BCUT2D eigenvalue weighted by molar-refractivity contribution is -0.931. The van der Waals surface area contributed by atoms with E-state index in [1.54, 1.807) is 16.7 Å². The normalized spacial score (nSPS) is 23.4. The van der Waals surface area contributed by atoms with Crippen LogP contribution in [-0.2, 0) is 6.67 Å². The lowest BCUT2D eigenvalue weighted by atomic mass is 10.0. The zero-order valence-electron chi connectivity index (χ0n) is 11.3. The van der Waals surface area contributed by atoms with Crippen molar-refractivity contribution in [2.45, 2.75) is 26.4 Å². The van der Waals surface area contributed by atoms with E-state index in [2.05, 4.69) is 12.0 Å². The first-order valence-electron chi connectivity index (χ1n) is 6.82. The quantitative estimate of drug-likeness (QED) is 0.855. The van der Waals surface area contributed by atoms with Crippen molar-refractivity contribution in [3.63, 3.8) is 0 Å². The fourth-order valence-electron chi connectivity index (χ4n) is 2.90. The molecule has 0 radical (unpaired) electrons. The molecule has 4 nitrogen and oxygen atoms in total. The molecule has 1 unspecified atom stereocenters. The summed E-state index contributed by atoms with van der Waals surface area (Å²) in [4.78, 5) is 1.52. The minimum atomic E-state index is 0.532. The highest BCUT2D eigenvalue weighted by atomic mass is 35.5. The highest BCUT2D eigenvalue weighted by molar-refractivity contribution is 7.71. The molecule has 1 saturated heterocycles. The van der Waals surface area contributed by atoms with Gasteiger partial charge in [-0.25, -0.2) is 0 Å². The summed E-state index contributed by atoms with van der Waals surface area (Å²) in [5, 5.41) is 5.63. The number of hydrogen-bond acceptors (Lipinski definition) is 2. The van der Waals surface area contributed by atoms with E-state index in [-0.39, 0.29) is 0 Å². The van der Waals surface area contributed by atoms with Gasteiger partial charge in [0.2, 0.25) is 4.77 Å². The number of likely N-dealkylation sites (tertiary alicyclic amines) is 1. The third-order valence-corrected chi connectivity index (χ3v) is 4.73. The van der Waals surface area contributed by atoms with E-state index < -0.39 is 0 Å². The van der Waals surface area contributed by atoms with Crippen LogP contribution in [0.3, 0.4) is 0 Å². The molecule has 108 valence electrons. The molecule has 2 aromatic heterocycles. The summed E-state index contributed by atoms with van der Waals surface area (Å²) in [6.07, 6.45) is 4.36. The average Bonchev–Trinajstić information content (AvgIpc) is 2.68. The van der Waals surface area contributed by atoms with E-state index >= 15 is 0 Å². The number of nitrogens with one attached hydrogen (secondary N) is 1. The van der Waals surface area contributed by atoms with Crippen molar-refractivity contribution in [3.8, 4) is 0 Å². The first kappa shape index (κ1) is 14.3. The molecule has 20 heavy (non-hydrogen) atoms. The van der Waals surface area contributed by atoms with Gasteiger partial charge in [-0.2, -0.15) is 4.68 Å². The lowest BCUT2D eigenvalue weighted by Crippen LogP contribution is -3.12. The molecule has 0 spiro atoms. The summed E-state index contributed by atoms with van der Waals surface area (Å²) in [5.74, 6) is 0.767. The largest absolute Gasteiger partial charge is 0.316 e. The number of hydrogen-bond donors (Lipinski definition) is 1. The number of rotatable bonds is 2. The van der Waals surface area contributed by atoms with E-state index in [9.17, 15) is 0 Å². The first-order chi connectivity index (χ1) is 9.54. The minimum Gasteiger partial charge on any atom is -0.316 e. The fraction of sp³-hybridized carbons (Fsp3) is 0.538. The van der Waals surface area contributed by atoms with Crippen LogP contribution in [0.5, 0.6) is 0 Å². The second-order valence-electron chi connectivity index (χ2n) is 5.59. The number of aromatic nitrogens is 3. The highest BCUT2D eigenvalue weighted by Crippen LogP contribution is 2.21. The van der Waals surface area contributed by atoms with Crippen LogP contribution in [-0.4, -0.2) is 27.3 Å². The zero-order valence-corrected chi connectivity index (χ0v) is 13.6. The van der Waals surface area contributed by atoms with Gasteiger partial charge >= 0.3 is 0 Å². The van der Waals surface area contributed by atoms with Crippen LogP contribution in [0.15, 0.2) is 12.3 Å². The van der Waals surface area contributed by atoms with Crippen molar-refractivity contribution < 1.29 is 4.90 Å². The molecular weight excluding hydrogens is 315 g/mol. The Balaban J connectivity index is 1.94. The van der Waals surface area contributed by atoms with Crippen molar-refractivity contribution in [1.29, 1.82) is 0 Å². The van der Waals surface area contributed by atoms with Crippen LogP contribution >= 0.6 is 35.4 Å². The lowest BCUT2D eigenvalue weighted by Gasteiger charge is -2.27. The molecule has 3 rings (SSSR count).